The lowest BCUT2D eigenvalue weighted by Gasteiger charge is -2.56. The summed E-state index contributed by atoms with van der Waals surface area (Å²) in [5, 5.41) is 10.6. The van der Waals surface area contributed by atoms with Gasteiger partial charge >= 0.3 is 0 Å². The second kappa shape index (κ2) is 10.9. The molecule has 2 aromatic heterocycles. The Labute approximate surface area is 302 Å². The fourth-order valence-corrected chi connectivity index (χ4v) is 9.93. The molecule has 1 unspecified atom stereocenters. The van der Waals surface area contributed by atoms with Crippen molar-refractivity contribution in [3.63, 3.8) is 0 Å². The fraction of sp³-hybridized carbons (Fsp3) is 0.436. The Bertz CT molecular complexity index is 2320. The molecule has 2 aromatic carbocycles. The van der Waals surface area contributed by atoms with Gasteiger partial charge in [0.2, 0.25) is 17.7 Å². The number of aromatic nitrogens is 3. The number of amides is 5. The van der Waals surface area contributed by atoms with E-state index in [1.54, 1.807) is 19.1 Å². The Morgan fingerprint density at radius 2 is 1.70 bits per heavy atom. The third kappa shape index (κ3) is 4.53. The van der Waals surface area contributed by atoms with Crippen LogP contribution in [-0.4, -0.2) is 86.1 Å². The van der Waals surface area contributed by atoms with Crippen LogP contribution in [0.2, 0.25) is 0 Å². The highest BCUT2D eigenvalue weighted by Gasteiger charge is 2.70. The molecule has 3 N–H and O–H groups in total. The van der Waals surface area contributed by atoms with Gasteiger partial charge in [0, 0.05) is 59.2 Å². The third-order valence-corrected chi connectivity index (χ3v) is 13.1. The van der Waals surface area contributed by atoms with Gasteiger partial charge in [-0.1, -0.05) is 19.1 Å². The van der Waals surface area contributed by atoms with Crippen LogP contribution in [0.1, 0.15) is 88.9 Å². The number of aromatic amines is 2. The number of carbonyl (C=O) groups is 5. The number of nitrogens with one attached hydrogen (secondary N) is 3. The number of likely N-dealkylation sites (tertiary alicyclic amines) is 1. The summed E-state index contributed by atoms with van der Waals surface area (Å²) >= 11 is 0. The molecule has 53 heavy (non-hydrogen) atoms. The van der Waals surface area contributed by atoms with Crippen molar-refractivity contribution in [3.05, 3.63) is 70.4 Å². The minimum absolute atomic E-state index is 0.0655. The van der Waals surface area contributed by atoms with Crippen molar-refractivity contribution in [2.75, 3.05) is 24.5 Å². The Balaban J connectivity index is 0.810. The smallest absolute Gasteiger partial charge is 0.262 e. The minimum atomic E-state index is -2.76. The third-order valence-electron chi connectivity index (χ3n) is 13.1. The molecule has 11 rings (SSSR count). The summed E-state index contributed by atoms with van der Waals surface area (Å²) in [6.45, 7) is 4.18. The van der Waals surface area contributed by atoms with E-state index >= 15 is 8.78 Å². The number of carbonyl (C=O) groups excluding carboxylic acids is 5. The van der Waals surface area contributed by atoms with Crippen molar-refractivity contribution < 1.29 is 32.8 Å². The summed E-state index contributed by atoms with van der Waals surface area (Å²) in [7, 11) is 0. The number of anilines is 1. The van der Waals surface area contributed by atoms with E-state index in [9.17, 15) is 24.0 Å². The van der Waals surface area contributed by atoms with Gasteiger partial charge in [0.25, 0.3) is 17.7 Å². The van der Waals surface area contributed by atoms with Crippen molar-refractivity contribution >= 4 is 46.1 Å². The standard InChI is InChI=1S/C39H37F2N7O5/c1-37-17-25(39(37,40)41)31-28(18-37)44-45-32(31)27-15-21-3-4-22(16-26(21)42-27)47-13-10-38(36(47)53)8-11-46(12-9-38)19-20-2-5-23-24(14-20)35(52)48(34(23)51)29-6-7-30(49)43-33(29)50/h2-5,14-16,25,29,42H,6-13,17-19H2,1H3,(H,44,45)(H,43,49,50)/t25-,29?,37+/m1/s1. The van der Waals surface area contributed by atoms with Crippen molar-refractivity contribution in [1.82, 2.24) is 30.3 Å². The van der Waals surface area contributed by atoms with Crippen LogP contribution in [0.25, 0.3) is 22.3 Å². The molecule has 12 nitrogen and oxygen atoms in total. The van der Waals surface area contributed by atoms with Crippen molar-refractivity contribution in [3.8, 4) is 11.4 Å². The van der Waals surface area contributed by atoms with Crippen molar-refractivity contribution in [2.45, 2.75) is 76.3 Å². The first-order valence-electron chi connectivity index (χ1n) is 18.3. The van der Waals surface area contributed by atoms with Crippen LogP contribution in [0.15, 0.2) is 42.5 Å². The number of H-pyrrole nitrogens is 2. The number of piperidine rings is 2. The maximum atomic E-state index is 15.0. The molecule has 1 spiro atoms. The number of alkyl halides is 2. The molecule has 0 radical (unpaired) electrons. The quantitative estimate of drug-likeness (QED) is 0.254. The molecule has 4 aliphatic heterocycles. The lowest BCUT2D eigenvalue weighted by atomic mass is 9.51. The second-order valence-electron chi connectivity index (χ2n) is 16.1. The van der Waals surface area contributed by atoms with Gasteiger partial charge in [-0.3, -0.25) is 44.2 Å². The fourth-order valence-electron chi connectivity index (χ4n) is 9.93. The number of fused-ring (bicyclic) bond motifs is 2. The minimum Gasteiger partial charge on any atom is -0.353 e. The Morgan fingerprint density at radius 1 is 0.925 bits per heavy atom. The highest BCUT2D eigenvalue weighted by molar-refractivity contribution is 6.23. The number of rotatable bonds is 5. The maximum Gasteiger partial charge on any atom is 0.262 e. The second-order valence-corrected chi connectivity index (χ2v) is 16.1. The van der Waals surface area contributed by atoms with Crippen LogP contribution < -0.4 is 10.2 Å². The summed E-state index contributed by atoms with van der Waals surface area (Å²) in [5.74, 6) is -5.59. The van der Waals surface area contributed by atoms with Gasteiger partial charge < -0.3 is 9.88 Å². The first-order valence-corrected chi connectivity index (χ1v) is 18.3. The molecule has 272 valence electrons. The normalized spacial score (nSPS) is 27.4. The number of halogens is 2. The average molecular weight is 722 g/mol. The van der Waals surface area contributed by atoms with Crippen molar-refractivity contribution in [1.29, 1.82) is 0 Å². The zero-order valence-electron chi connectivity index (χ0n) is 29.1. The van der Waals surface area contributed by atoms with Crippen LogP contribution in [-0.2, 0) is 27.3 Å². The number of hydrogen-bond acceptors (Lipinski definition) is 7. The molecule has 14 heteroatoms. The predicted molar refractivity (Wildman–Crippen MR) is 187 cm³/mol. The lowest BCUT2D eigenvalue weighted by molar-refractivity contribution is -0.220. The van der Waals surface area contributed by atoms with E-state index in [1.165, 1.54) is 0 Å². The van der Waals surface area contributed by atoms with Gasteiger partial charge in [-0.25, -0.2) is 8.78 Å². The molecular formula is C39H37F2N7O5. The molecule has 7 aliphatic rings. The molecule has 3 aliphatic carbocycles. The summed E-state index contributed by atoms with van der Waals surface area (Å²) in [6, 6.07) is 12.0. The van der Waals surface area contributed by atoms with Crippen LogP contribution in [0, 0.1) is 10.8 Å². The van der Waals surface area contributed by atoms with Crippen LogP contribution in [0.3, 0.4) is 0 Å². The molecular weight excluding hydrogens is 684 g/mol. The molecule has 6 heterocycles. The van der Waals surface area contributed by atoms with Crippen molar-refractivity contribution in [2.24, 2.45) is 10.8 Å². The van der Waals surface area contributed by atoms with Gasteiger partial charge in [-0.2, -0.15) is 5.10 Å². The Kier molecular flexibility index (Phi) is 6.67. The molecule has 4 aromatic rings. The molecule has 3 saturated heterocycles. The first kappa shape index (κ1) is 32.4. The monoisotopic (exact) mass is 721 g/mol. The van der Waals surface area contributed by atoms with E-state index < -0.39 is 52.3 Å². The summed E-state index contributed by atoms with van der Waals surface area (Å²) < 4.78 is 30.1. The van der Waals surface area contributed by atoms with Gasteiger partial charge in [-0.15, -0.1) is 0 Å². The maximum absolute atomic E-state index is 15.0. The summed E-state index contributed by atoms with van der Waals surface area (Å²) in [5.41, 5.74) is 4.13. The van der Waals surface area contributed by atoms with Crippen LogP contribution in [0.5, 0.6) is 0 Å². The molecule has 4 fully saturated rings. The Hall–Kier alpha value is -5.24. The van der Waals surface area contributed by atoms with Crippen LogP contribution >= 0.6 is 0 Å². The molecule has 5 amide bonds. The zero-order chi connectivity index (χ0) is 36.6. The number of benzene rings is 2. The first-order chi connectivity index (χ1) is 25.4. The summed E-state index contributed by atoms with van der Waals surface area (Å²) in [6.07, 6.45) is 3.03. The number of hydrogen-bond donors (Lipinski definition) is 3. The van der Waals surface area contributed by atoms with Gasteiger partial charge in [-0.05, 0) is 81.1 Å². The molecule has 3 atom stereocenters. The predicted octanol–water partition coefficient (Wildman–Crippen LogP) is 4.66. The van der Waals surface area contributed by atoms with Gasteiger partial charge in [0.1, 0.15) is 11.7 Å². The topological polar surface area (TPSA) is 152 Å². The van der Waals surface area contributed by atoms with E-state index in [4.69, 9.17) is 0 Å². The summed E-state index contributed by atoms with van der Waals surface area (Å²) in [4.78, 5) is 73.0. The van der Waals surface area contributed by atoms with Gasteiger partial charge in [0.15, 0.2) is 0 Å². The Morgan fingerprint density at radius 3 is 2.47 bits per heavy atom. The number of nitrogens with zero attached hydrogens (tertiary/aromatic N) is 4. The average Bonchev–Trinajstić information content (AvgIpc) is 3.89. The molecule has 1 saturated carbocycles. The van der Waals surface area contributed by atoms with E-state index in [0.717, 1.165) is 39.2 Å². The highest BCUT2D eigenvalue weighted by Crippen LogP contribution is 2.68. The largest absolute Gasteiger partial charge is 0.353 e. The highest BCUT2D eigenvalue weighted by atomic mass is 19.3. The van der Waals surface area contributed by atoms with E-state index in [0.29, 0.717) is 62.4 Å². The van der Waals surface area contributed by atoms with E-state index in [1.807, 2.05) is 35.2 Å². The SMILES string of the molecule is C[C@@]12Cc3[nH]nc(-c4cc5ccc(N6CCC7(CCN(Cc8ccc9c(c8)C(=O)N(C8CCC(=O)NC8=O)C9=O)CC7)C6=O)cc5[nH]4)c3[C@@H](C1)C2(F)F. The van der Waals surface area contributed by atoms with Gasteiger partial charge in [0.05, 0.1) is 28.2 Å². The number of imide groups is 2. The lowest BCUT2D eigenvalue weighted by Crippen LogP contribution is -2.59. The van der Waals surface area contributed by atoms with E-state index in [-0.39, 0.29) is 36.3 Å². The van der Waals surface area contributed by atoms with E-state index in [2.05, 4.69) is 25.4 Å². The zero-order valence-corrected chi connectivity index (χ0v) is 29.1. The van der Waals surface area contributed by atoms with Crippen LogP contribution in [0.4, 0.5) is 14.5 Å². The molecule has 2 bridgehead atoms.